The molecule has 0 atom stereocenters. The molecule has 20 heavy (non-hydrogen) atoms. The van der Waals surface area contributed by atoms with Crippen LogP contribution in [0.5, 0.6) is 0 Å². The van der Waals surface area contributed by atoms with Gasteiger partial charge in [0.25, 0.3) is 0 Å². The Kier molecular flexibility index (Phi) is 5.13. The molecule has 2 rings (SSSR count). The molecule has 0 bridgehead atoms. The molecule has 1 aromatic heterocycles. The molecule has 4 nitrogen and oxygen atoms in total. The van der Waals surface area contributed by atoms with Gasteiger partial charge in [-0.05, 0) is 40.0 Å². The van der Waals surface area contributed by atoms with Crippen molar-refractivity contribution >= 4 is 0 Å². The van der Waals surface area contributed by atoms with Gasteiger partial charge in [0.15, 0.2) is 0 Å². The van der Waals surface area contributed by atoms with Gasteiger partial charge in [-0.15, -0.1) is 0 Å². The van der Waals surface area contributed by atoms with Crippen LogP contribution in [0.3, 0.4) is 0 Å². The second-order valence-electron chi connectivity index (χ2n) is 6.58. The molecule has 1 aliphatic rings. The molecule has 0 radical (unpaired) electrons. The lowest BCUT2D eigenvalue weighted by atomic mass is 10.0. The van der Waals surface area contributed by atoms with E-state index in [9.17, 15) is 0 Å². The van der Waals surface area contributed by atoms with Crippen molar-refractivity contribution in [3.8, 4) is 0 Å². The van der Waals surface area contributed by atoms with Crippen LogP contribution in [0, 0.1) is 0 Å². The lowest BCUT2D eigenvalue weighted by Gasteiger charge is -2.42. The summed E-state index contributed by atoms with van der Waals surface area (Å²) in [4.78, 5) is 9.78. The van der Waals surface area contributed by atoms with Crippen LogP contribution in [0.15, 0.2) is 18.2 Å². The quantitative estimate of drug-likeness (QED) is 0.907. The summed E-state index contributed by atoms with van der Waals surface area (Å²) >= 11 is 0. The third kappa shape index (κ3) is 4.27. The van der Waals surface area contributed by atoms with Crippen molar-refractivity contribution in [2.75, 3.05) is 33.2 Å². The summed E-state index contributed by atoms with van der Waals surface area (Å²) in [6, 6.07) is 6.33. The Balaban J connectivity index is 1.88. The van der Waals surface area contributed by atoms with Gasteiger partial charge in [-0.2, -0.15) is 0 Å². The molecule has 4 heteroatoms. The number of aromatic nitrogens is 1. The molecular formula is C16H28N4. The lowest BCUT2D eigenvalue weighted by Crippen LogP contribution is -2.53. The minimum Gasteiger partial charge on any atom is -0.314 e. The van der Waals surface area contributed by atoms with Gasteiger partial charge in [-0.1, -0.05) is 6.07 Å². The van der Waals surface area contributed by atoms with Crippen LogP contribution in [-0.4, -0.2) is 53.5 Å². The Labute approximate surface area is 123 Å². The van der Waals surface area contributed by atoms with Crippen LogP contribution < -0.4 is 5.32 Å². The van der Waals surface area contributed by atoms with Gasteiger partial charge in [0.2, 0.25) is 0 Å². The molecule has 0 saturated carbocycles. The Bertz CT molecular complexity index is 417. The molecule has 1 N–H and O–H groups in total. The highest BCUT2D eigenvalue weighted by Gasteiger charge is 2.25. The topological polar surface area (TPSA) is 31.4 Å². The second-order valence-corrected chi connectivity index (χ2v) is 6.58. The van der Waals surface area contributed by atoms with E-state index in [1.807, 2.05) is 7.05 Å². The Hall–Kier alpha value is -0.970. The Morgan fingerprint density at radius 3 is 2.35 bits per heavy atom. The van der Waals surface area contributed by atoms with Crippen molar-refractivity contribution in [2.45, 2.75) is 39.4 Å². The largest absolute Gasteiger partial charge is 0.314 e. The zero-order valence-electron chi connectivity index (χ0n) is 13.3. The van der Waals surface area contributed by atoms with Crippen molar-refractivity contribution in [2.24, 2.45) is 0 Å². The minimum absolute atomic E-state index is 0.289. The standard InChI is InChI=1S/C16H28N4/c1-16(2,3)20-10-8-19(9-11-20)13-15-7-5-6-14(18-15)12-17-4/h5-7,17H,8-13H2,1-4H3. The molecule has 0 aromatic carbocycles. The third-order valence-electron chi connectivity index (χ3n) is 3.93. The zero-order valence-corrected chi connectivity index (χ0v) is 13.3. The lowest BCUT2D eigenvalue weighted by molar-refractivity contribution is 0.0585. The molecule has 1 aliphatic heterocycles. The summed E-state index contributed by atoms with van der Waals surface area (Å²) in [5, 5.41) is 3.15. The molecular weight excluding hydrogens is 248 g/mol. The van der Waals surface area contributed by atoms with Crippen LogP contribution in [0.1, 0.15) is 32.2 Å². The van der Waals surface area contributed by atoms with Crippen LogP contribution in [-0.2, 0) is 13.1 Å². The predicted molar refractivity (Wildman–Crippen MR) is 83.6 cm³/mol. The Morgan fingerprint density at radius 1 is 1.10 bits per heavy atom. The predicted octanol–water partition coefficient (Wildman–Crippen LogP) is 1.72. The van der Waals surface area contributed by atoms with Gasteiger partial charge in [0.1, 0.15) is 0 Å². The number of nitrogens with zero attached hydrogens (tertiary/aromatic N) is 3. The van der Waals surface area contributed by atoms with E-state index < -0.39 is 0 Å². The van der Waals surface area contributed by atoms with Gasteiger partial charge in [-0.25, -0.2) is 0 Å². The molecule has 0 spiro atoms. The molecule has 0 amide bonds. The van der Waals surface area contributed by atoms with Crippen molar-refractivity contribution in [1.82, 2.24) is 20.1 Å². The maximum Gasteiger partial charge on any atom is 0.0547 e. The smallest absolute Gasteiger partial charge is 0.0547 e. The van der Waals surface area contributed by atoms with Gasteiger partial charge in [0, 0.05) is 44.8 Å². The van der Waals surface area contributed by atoms with E-state index >= 15 is 0 Å². The van der Waals surface area contributed by atoms with Crippen molar-refractivity contribution in [3.05, 3.63) is 29.6 Å². The van der Waals surface area contributed by atoms with E-state index in [1.54, 1.807) is 0 Å². The highest BCUT2D eigenvalue weighted by molar-refractivity contribution is 5.11. The number of nitrogens with one attached hydrogen (secondary N) is 1. The van der Waals surface area contributed by atoms with E-state index in [-0.39, 0.29) is 5.54 Å². The van der Waals surface area contributed by atoms with Crippen molar-refractivity contribution in [1.29, 1.82) is 0 Å². The average molecular weight is 276 g/mol. The molecule has 0 aliphatic carbocycles. The van der Waals surface area contributed by atoms with Crippen molar-refractivity contribution < 1.29 is 0 Å². The number of pyridine rings is 1. The first-order valence-corrected chi connectivity index (χ1v) is 7.56. The first-order chi connectivity index (χ1) is 9.49. The SMILES string of the molecule is CNCc1cccc(CN2CCN(C(C)(C)C)CC2)n1. The summed E-state index contributed by atoms with van der Waals surface area (Å²) in [6.45, 7) is 13.3. The van der Waals surface area contributed by atoms with Crippen LogP contribution in [0.2, 0.25) is 0 Å². The van der Waals surface area contributed by atoms with E-state index in [0.717, 1.165) is 45.0 Å². The van der Waals surface area contributed by atoms with E-state index in [4.69, 9.17) is 4.98 Å². The normalized spacial score (nSPS) is 18.4. The Morgan fingerprint density at radius 2 is 1.75 bits per heavy atom. The fraction of sp³-hybridized carbons (Fsp3) is 0.688. The zero-order chi connectivity index (χ0) is 14.6. The fourth-order valence-electron chi connectivity index (χ4n) is 2.70. The van der Waals surface area contributed by atoms with Gasteiger partial charge >= 0.3 is 0 Å². The number of hydrogen-bond acceptors (Lipinski definition) is 4. The highest BCUT2D eigenvalue weighted by Crippen LogP contribution is 2.16. The number of hydrogen-bond donors (Lipinski definition) is 1. The van der Waals surface area contributed by atoms with E-state index in [1.165, 1.54) is 5.69 Å². The average Bonchev–Trinajstić information content (AvgIpc) is 2.39. The summed E-state index contributed by atoms with van der Waals surface area (Å²) in [5.74, 6) is 0. The summed E-state index contributed by atoms with van der Waals surface area (Å²) in [5.41, 5.74) is 2.59. The monoisotopic (exact) mass is 276 g/mol. The number of piperazine rings is 1. The maximum atomic E-state index is 4.71. The van der Waals surface area contributed by atoms with E-state index in [2.05, 4.69) is 54.1 Å². The minimum atomic E-state index is 0.289. The summed E-state index contributed by atoms with van der Waals surface area (Å²) in [7, 11) is 1.96. The molecule has 1 aromatic rings. The van der Waals surface area contributed by atoms with Crippen LogP contribution in [0.25, 0.3) is 0 Å². The molecule has 2 heterocycles. The molecule has 1 fully saturated rings. The molecule has 112 valence electrons. The maximum absolute atomic E-state index is 4.71. The highest BCUT2D eigenvalue weighted by atomic mass is 15.3. The van der Waals surface area contributed by atoms with Crippen LogP contribution >= 0.6 is 0 Å². The fourth-order valence-corrected chi connectivity index (χ4v) is 2.70. The first-order valence-electron chi connectivity index (χ1n) is 7.56. The molecule has 0 unspecified atom stereocenters. The van der Waals surface area contributed by atoms with E-state index in [0.29, 0.717) is 0 Å². The van der Waals surface area contributed by atoms with Gasteiger partial charge in [0.05, 0.1) is 11.4 Å². The van der Waals surface area contributed by atoms with Gasteiger partial charge < -0.3 is 5.32 Å². The number of rotatable bonds is 4. The second kappa shape index (κ2) is 6.66. The molecule has 1 saturated heterocycles. The third-order valence-corrected chi connectivity index (χ3v) is 3.93. The van der Waals surface area contributed by atoms with Crippen LogP contribution in [0.4, 0.5) is 0 Å². The summed E-state index contributed by atoms with van der Waals surface area (Å²) < 4.78 is 0. The van der Waals surface area contributed by atoms with Gasteiger partial charge in [-0.3, -0.25) is 14.8 Å². The summed E-state index contributed by atoms with van der Waals surface area (Å²) in [6.07, 6.45) is 0. The first kappa shape index (κ1) is 15.4. The van der Waals surface area contributed by atoms with Crippen molar-refractivity contribution in [3.63, 3.8) is 0 Å².